The molecule has 7 heteroatoms. The first-order valence-corrected chi connectivity index (χ1v) is 10.6. The molecule has 2 heterocycles. The Hall–Kier alpha value is -2.61. The van der Waals surface area contributed by atoms with E-state index >= 15 is 0 Å². The number of nitrogens with zero attached hydrogens (tertiary/aromatic N) is 2. The van der Waals surface area contributed by atoms with E-state index in [9.17, 15) is 19.0 Å². The van der Waals surface area contributed by atoms with Crippen molar-refractivity contribution >= 4 is 22.4 Å². The lowest BCUT2D eigenvalue weighted by Gasteiger charge is -2.28. The standard InChI is InChI=1S/C21H22N2O4S/c1-13(2)19-20(24)17(21(25)23(19)12-14-8-4-3-5-9-14)18-15-10-6-7-11-16(15)28(26,27)22-18/h3-11,13,19,24,26-27H,12H2,1-2H3/t19-/m0/s1. The van der Waals surface area contributed by atoms with E-state index in [0.29, 0.717) is 12.1 Å². The van der Waals surface area contributed by atoms with Crippen LogP contribution in [0.2, 0.25) is 0 Å². The number of aliphatic hydroxyl groups is 1. The maximum absolute atomic E-state index is 13.3. The molecule has 0 aromatic heterocycles. The number of benzene rings is 2. The summed E-state index contributed by atoms with van der Waals surface area (Å²) in [5.41, 5.74) is 1.63. The first-order valence-electron chi connectivity index (χ1n) is 9.07. The molecular weight excluding hydrogens is 376 g/mol. The van der Waals surface area contributed by atoms with Crippen molar-refractivity contribution in [3.05, 3.63) is 77.1 Å². The predicted octanol–water partition coefficient (Wildman–Crippen LogP) is 4.39. The fourth-order valence-electron chi connectivity index (χ4n) is 3.83. The minimum atomic E-state index is -3.38. The van der Waals surface area contributed by atoms with E-state index < -0.39 is 16.8 Å². The Labute approximate surface area is 165 Å². The minimum Gasteiger partial charge on any atom is -0.509 e. The summed E-state index contributed by atoms with van der Waals surface area (Å²) in [6.45, 7) is 4.22. The van der Waals surface area contributed by atoms with Crippen molar-refractivity contribution in [3.63, 3.8) is 0 Å². The molecule has 1 atom stereocenters. The molecule has 0 saturated carbocycles. The zero-order valence-corrected chi connectivity index (χ0v) is 16.4. The molecule has 28 heavy (non-hydrogen) atoms. The summed E-state index contributed by atoms with van der Waals surface area (Å²) in [7, 11) is -3.38. The molecule has 0 spiro atoms. The molecule has 0 unspecified atom stereocenters. The van der Waals surface area contributed by atoms with Gasteiger partial charge in [-0.3, -0.25) is 13.9 Å². The molecule has 3 N–H and O–H groups in total. The van der Waals surface area contributed by atoms with Gasteiger partial charge in [-0.2, -0.15) is 4.40 Å². The van der Waals surface area contributed by atoms with Gasteiger partial charge in [-0.1, -0.05) is 73.2 Å². The van der Waals surface area contributed by atoms with E-state index in [1.54, 1.807) is 29.2 Å². The van der Waals surface area contributed by atoms with Gasteiger partial charge in [-0.15, -0.1) is 0 Å². The van der Waals surface area contributed by atoms with E-state index in [1.807, 2.05) is 44.2 Å². The van der Waals surface area contributed by atoms with Crippen molar-refractivity contribution in [3.8, 4) is 0 Å². The van der Waals surface area contributed by atoms with Gasteiger partial charge in [0.2, 0.25) is 0 Å². The number of hydrogen-bond acceptors (Lipinski definition) is 5. The Kier molecular flexibility index (Phi) is 4.53. The van der Waals surface area contributed by atoms with Crippen LogP contribution in [-0.4, -0.2) is 36.8 Å². The molecule has 6 nitrogen and oxygen atoms in total. The summed E-state index contributed by atoms with van der Waals surface area (Å²) in [4.78, 5) is 15.2. The number of carbonyl (C=O) groups is 1. The number of carbonyl (C=O) groups excluding carboxylic acids is 1. The second-order valence-electron chi connectivity index (χ2n) is 7.32. The van der Waals surface area contributed by atoms with Gasteiger partial charge >= 0.3 is 0 Å². The highest BCUT2D eigenvalue weighted by atomic mass is 32.3. The van der Waals surface area contributed by atoms with Crippen LogP contribution in [0.5, 0.6) is 0 Å². The normalized spacial score (nSPS) is 21.9. The van der Waals surface area contributed by atoms with Crippen LogP contribution < -0.4 is 0 Å². The molecule has 1 amide bonds. The van der Waals surface area contributed by atoms with Gasteiger partial charge in [0.1, 0.15) is 17.0 Å². The molecule has 146 valence electrons. The van der Waals surface area contributed by atoms with E-state index in [2.05, 4.69) is 4.40 Å². The molecule has 2 aromatic carbocycles. The van der Waals surface area contributed by atoms with Crippen molar-refractivity contribution < 1.29 is 19.0 Å². The summed E-state index contributed by atoms with van der Waals surface area (Å²) >= 11 is 0. The zero-order valence-electron chi connectivity index (χ0n) is 15.6. The Balaban J connectivity index is 1.78. The average molecular weight is 398 g/mol. The Morgan fingerprint density at radius 3 is 2.39 bits per heavy atom. The molecule has 0 bridgehead atoms. The van der Waals surface area contributed by atoms with Gasteiger partial charge < -0.3 is 10.0 Å². The van der Waals surface area contributed by atoms with Crippen LogP contribution in [0, 0.1) is 5.92 Å². The third-order valence-electron chi connectivity index (χ3n) is 5.07. The summed E-state index contributed by atoms with van der Waals surface area (Å²) in [6, 6.07) is 15.8. The minimum absolute atomic E-state index is 0.0252. The van der Waals surface area contributed by atoms with Gasteiger partial charge in [-0.25, -0.2) is 0 Å². The molecule has 2 aliphatic rings. The van der Waals surface area contributed by atoms with Crippen LogP contribution >= 0.6 is 10.8 Å². The van der Waals surface area contributed by atoms with Crippen molar-refractivity contribution in [2.75, 3.05) is 0 Å². The fourth-order valence-corrected chi connectivity index (χ4v) is 5.09. The first-order chi connectivity index (χ1) is 13.3. The summed E-state index contributed by atoms with van der Waals surface area (Å²) in [5.74, 6) is -0.449. The van der Waals surface area contributed by atoms with Crippen LogP contribution in [0.25, 0.3) is 0 Å². The Morgan fingerprint density at radius 2 is 1.71 bits per heavy atom. The van der Waals surface area contributed by atoms with Gasteiger partial charge in [0.25, 0.3) is 5.91 Å². The topological polar surface area (TPSA) is 93.4 Å². The van der Waals surface area contributed by atoms with E-state index in [0.717, 1.165) is 5.56 Å². The molecular formula is C21H22N2O4S. The quantitative estimate of drug-likeness (QED) is 0.712. The number of hydrogen-bond donors (Lipinski definition) is 3. The van der Waals surface area contributed by atoms with Crippen molar-refractivity contribution in [2.45, 2.75) is 31.3 Å². The first kappa shape index (κ1) is 18.7. The number of amides is 1. The molecule has 0 saturated heterocycles. The largest absolute Gasteiger partial charge is 0.509 e. The predicted molar refractivity (Wildman–Crippen MR) is 109 cm³/mol. The van der Waals surface area contributed by atoms with Crippen molar-refractivity contribution in [1.82, 2.24) is 4.90 Å². The lowest BCUT2D eigenvalue weighted by atomic mass is 9.98. The van der Waals surface area contributed by atoms with E-state index in [4.69, 9.17) is 0 Å². The maximum Gasteiger partial charge on any atom is 0.260 e. The summed E-state index contributed by atoms with van der Waals surface area (Å²) in [6.07, 6.45) is 0. The number of aliphatic hydroxyl groups excluding tert-OH is 1. The highest BCUT2D eigenvalue weighted by Gasteiger charge is 2.45. The van der Waals surface area contributed by atoms with Crippen molar-refractivity contribution in [2.24, 2.45) is 10.3 Å². The molecule has 0 radical (unpaired) electrons. The van der Waals surface area contributed by atoms with Crippen LogP contribution in [0.4, 0.5) is 0 Å². The van der Waals surface area contributed by atoms with E-state index in [-0.39, 0.29) is 33.8 Å². The lowest BCUT2D eigenvalue weighted by molar-refractivity contribution is -0.128. The summed E-state index contributed by atoms with van der Waals surface area (Å²) < 4.78 is 24.7. The Bertz CT molecular complexity index is 998. The highest BCUT2D eigenvalue weighted by Crippen LogP contribution is 2.57. The smallest absolute Gasteiger partial charge is 0.260 e. The maximum atomic E-state index is 13.3. The van der Waals surface area contributed by atoms with Crippen LogP contribution in [0.3, 0.4) is 0 Å². The van der Waals surface area contributed by atoms with Crippen LogP contribution in [0.1, 0.15) is 25.0 Å². The molecule has 0 fully saturated rings. The molecule has 4 rings (SSSR count). The molecule has 2 aromatic rings. The fraction of sp³-hybridized carbons (Fsp3) is 0.238. The number of fused-ring (bicyclic) bond motifs is 1. The monoisotopic (exact) mass is 398 g/mol. The van der Waals surface area contributed by atoms with Gasteiger partial charge in [-0.05, 0) is 17.5 Å². The van der Waals surface area contributed by atoms with Crippen molar-refractivity contribution in [1.29, 1.82) is 0 Å². The SMILES string of the molecule is CC(C)[C@H]1C(O)=C(C2=NS(O)(O)c3ccccc32)C(=O)N1Cc1ccccc1. The molecule has 0 aliphatic carbocycles. The van der Waals surface area contributed by atoms with Gasteiger partial charge in [0.15, 0.2) is 0 Å². The van der Waals surface area contributed by atoms with Gasteiger partial charge in [0, 0.05) is 12.1 Å². The van der Waals surface area contributed by atoms with Crippen LogP contribution in [0.15, 0.2) is 75.2 Å². The highest BCUT2D eigenvalue weighted by molar-refractivity contribution is 8.23. The zero-order chi connectivity index (χ0) is 20.1. The molecule has 2 aliphatic heterocycles. The van der Waals surface area contributed by atoms with Gasteiger partial charge in [0.05, 0.1) is 10.9 Å². The second kappa shape index (κ2) is 6.77. The van der Waals surface area contributed by atoms with Crippen LogP contribution in [-0.2, 0) is 11.3 Å². The number of rotatable bonds is 4. The third kappa shape index (κ3) is 2.92. The lowest BCUT2D eigenvalue weighted by Crippen LogP contribution is -2.38. The second-order valence-corrected chi connectivity index (χ2v) is 8.98. The summed E-state index contributed by atoms with van der Waals surface area (Å²) in [5, 5.41) is 11.0. The third-order valence-corrected chi connectivity index (χ3v) is 6.45. The van der Waals surface area contributed by atoms with E-state index in [1.165, 1.54) is 0 Å². The Morgan fingerprint density at radius 1 is 1.07 bits per heavy atom. The average Bonchev–Trinajstić information content (AvgIpc) is 3.06.